The van der Waals surface area contributed by atoms with Crippen molar-refractivity contribution in [3.05, 3.63) is 87.6 Å². The summed E-state index contributed by atoms with van der Waals surface area (Å²) in [5.41, 5.74) is 3.12. The molecular formula is C22H20ClNO3. The average molecular weight is 382 g/mol. The number of carbonyl (C=O) groups is 2. The Bertz CT molecular complexity index is 932. The minimum absolute atomic E-state index is 0.205. The van der Waals surface area contributed by atoms with E-state index in [1.807, 2.05) is 36.4 Å². The fourth-order valence-corrected chi connectivity index (χ4v) is 3.34. The lowest BCUT2D eigenvalue weighted by atomic mass is 10.0. The number of hydrogen-bond donors (Lipinski definition) is 0. The van der Waals surface area contributed by atoms with Crippen LogP contribution in [0.1, 0.15) is 18.1 Å². The zero-order valence-electron chi connectivity index (χ0n) is 15.2. The van der Waals surface area contributed by atoms with E-state index in [0.29, 0.717) is 34.8 Å². The standard InChI is InChI=1S/C22H20ClNO3/c1-15-20(22(26)27-2)19(14-17-9-6-10-18(23)13-17)21(25)24(15)12-11-16-7-4-3-5-8-16/h3-10,13-14H,11-12H2,1-2H3. The molecule has 0 radical (unpaired) electrons. The van der Waals surface area contributed by atoms with Crippen LogP contribution in [0, 0.1) is 0 Å². The molecule has 27 heavy (non-hydrogen) atoms. The van der Waals surface area contributed by atoms with Gasteiger partial charge in [-0.15, -0.1) is 0 Å². The van der Waals surface area contributed by atoms with E-state index in [1.165, 1.54) is 7.11 Å². The van der Waals surface area contributed by atoms with Gasteiger partial charge in [0.25, 0.3) is 5.91 Å². The molecule has 0 N–H and O–H groups in total. The van der Waals surface area contributed by atoms with Crippen molar-refractivity contribution in [2.75, 3.05) is 13.7 Å². The van der Waals surface area contributed by atoms with Crippen LogP contribution >= 0.6 is 11.6 Å². The molecule has 138 valence electrons. The van der Waals surface area contributed by atoms with Gasteiger partial charge >= 0.3 is 5.97 Å². The van der Waals surface area contributed by atoms with Gasteiger partial charge in [0.1, 0.15) is 0 Å². The normalized spacial score (nSPS) is 15.6. The van der Waals surface area contributed by atoms with Gasteiger partial charge in [0, 0.05) is 17.3 Å². The minimum Gasteiger partial charge on any atom is -0.465 e. The van der Waals surface area contributed by atoms with E-state index >= 15 is 0 Å². The third-order valence-electron chi connectivity index (χ3n) is 4.53. The monoisotopic (exact) mass is 381 g/mol. The van der Waals surface area contributed by atoms with Crippen LogP contribution in [-0.4, -0.2) is 30.4 Å². The number of halogens is 1. The summed E-state index contributed by atoms with van der Waals surface area (Å²) < 4.78 is 4.91. The van der Waals surface area contributed by atoms with Crippen LogP contribution in [0.3, 0.4) is 0 Å². The number of carbonyl (C=O) groups excluding carboxylic acids is 2. The highest BCUT2D eigenvalue weighted by Gasteiger charge is 2.36. The maximum atomic E-state index is 13.0. The summed E-state index contributed by atoms with van der Waals surface area (Å²) in [5.74, 6) is -0.722. The zero-order chi connectivity index (χ0) is 19.4. The number of hydrogen-bond acceptors (Lipinski definition) is 3. The largest absolute Gasteiger partial charge is 0.465 e. The molecule has 2 aromatic carbocycles. The van der Waals surface area contributed by atoms with Crippen LogP contribution in [0.2, 0.25) is 5.02 Å². The lowest BCUT2D eigenvalue weighted by molar-refractivity contribution is -0.136. The molecule has 0 spiro atoms. The molecule has 1 aliphatic rings. The third kappa shape index (κ3) is 4.12. The van der Waals surface area contributed by atoms with Gasteiger partial charge in [0.15, 0.2) is 0 Å². The molecule has 2 aromatic rings. The summed E-state index contributed by atoms with van der Waals surface area (Å²) in [6.07, 6.45) is 2.38. The van der Waals surface area contributed by atoms with Crippen LogP contribution in [0.4, 0.5) is 0 Å². The van der Waals surface area contributed by atoms with E-state index < -0.39 is 5.97 Å². The number of nitrogens with zero attached hydrogens (tertiary/aromatic N) is 1. The second-order valence-electron chi connectivity index (χ2n) is 6.26. The average Bonchev–Trinajstić information content (AvgIpc) is 2.90. The molecule has 3 rings (SSSR count). The van der Waals surface area contributed by atoms with Crippen LogP contribution in [0.15, 0.2) is 71.4 Å². The molecule has 0 saturated carbocycles. The van der Waals surface area contributed by atoms with Crippen LogP contribution in [0.5, 0.6) is 0 Å². The fourth-order valence-electron chi connectivity index (χ4n) is 3.15. The van der Waals surface area contributed by atoms with E-state index in [1.54, 1.807) is 36.1 Å². The van der Waals surface area contributed by atoms with Gasteiger partial charge in [0.05, 0.1) is 18.3 Å². The molecule has 0 fully saturated rings. The van der Waals surface area contributed by atoms with E-state index in [4.69, 9.17) is 16.3 Å². The molecular weight excluding hydrogens is 362 g/mol. The Labute approximate surface area is 163 Å². The van der Waals surface area contributed by atoms with Crippen LogP contribution in [0.25, 0.3) is 6.08 Å². The quantitative estimate of drug-likeness (QED) is 0.574. The summed E-state index contributed by atoms with van der Waals surface area (Å²) >= 11 is 6.04. The van der Waals surface area contributed by atoms with E-state index in [2.05, 4.69) is 0 Å². The van der Waals surface area contributed by atoms with Crippen molar-refractivity contribution >= 4 is 29.6 Å². The second kappa shape index (κ2) is 8.23. The van der Waals surface area contributed by atoms with E-state index in [-0.39, 0.29) is 5.91 Å². The maximum Gasteiger partial charge on any atom is 0.340 e. The SMILES string of the molecule is COC(=O)C1=C(C)N(CCc2ccccc2)C(=O)C1=Cc1cccc(Cl)c1. The van der Waals surface area contributed by atoms with Crippen LogP contribution in [-0.2, 0) is 20.7 Å². The van der Waals surface area contributed by atoms with Crippen molar-refractivity contribution in [2.24, 2.45) is 0 Å². The molecule has 5 heteroatoms. The molecule has 4 nitrogen and oxygen atoms in total. The highest BCUT2D eigenvalue weighted by molar-refractivity contribution is 6.30. The van der Waals surface area contributed by atoms with Gasteiger partial charge in [-0.05, 0) is 42.7 Å². The highest BCUT2D eigenvalue weighted by atomic mass is 35.5. The van der Waals surface area contributed by atoms with Gasteiger partial charge in [-0.1, -0.05) is 54.1 Å². The molecule has 0 bridgehead atoms. The van der Waals surface area contributed by atoms with Gasteiger partial charge in [-0.2, -0.15) is 0 Å². The number of esters is 1. The Morgan fingerprint density at radius 3 is 2.56 bits per heavy atom. The molecule has 0 aliphatic carbocycles. The Balaban J connectivity index is 1.94. The van der Waals surface area contributed by atoms with Crippen molar-refractivity contribution in [1.82, 2.24) is 4.90 Å². The highest BCUT2D eigenvalue weighted by Crippen LogP contribution is 2.32. The van der Waals surface area contributed by atoms with Crippen molar-refractivity contribution in [3.8, 4) is 0 Å². The fraction of sp³-hybridized carbons (Fsp3) is 0.182. The minimum atomic E-state index is -0.517. The zero-order valence-corrected chi connectivity index (χ0v) is 16.0. The van der Waals surface area contributed by atoms with Crippen molar-refractivity contribution in [3.63, 3.8) is 0 Å². The molecule has 0 unspecified atom stereocenters. The Hall–Kier alpha value is -2.85. The number of amides is 1. The summed E-state index contributed by atoms with van der Waals surface area (Å²) in [7, 11) is 1.32. The van der Waals surface area contributed by atoms with Crippen LogP contribution < -0.4 is 0 Å². The molecule has 1 amide bonds. The Kier molecular flexibility index (Phi) is 5.77. The third-order valence-corrected chi connectivity index (χ3v) is 4.76. The van der Waals surface area contributed by atoms with Gasteiger partial charge < -0.3 is 9.64 Å². The first kappa shape index (κ1) is 18.9. The first-order chi connectivity index (χ1) is 13.0. The predicted molar refractivity (Wildman–Crippen MR) is 106 cm³/mol. The first-order valence-electron chi connectivity index (χ1n) is 8.64. The second-order valence-corrected chi connectivity index (χ2v) is 6.69. The Morgan fingerprint density at radius 2 is 1.89 bits per heavy atom. The number of rotatable bonds is 5. The van der Waals surface area contributed by atoms with E-state index in [0.717, 1.165) is 11.1 Å². The summed E-state index contributed by atoms with van der Waals surface area (Å²) in [4.78, 5) is 27.0. The predicted octanol–water partition coefficient (Wildman–Crippen LogP) is 4.26. The molecule has 0 saturated heterocycles. The number of ether oxygens (including phenoxy) is 1. The maximum absolute atomic E-state index is 13.0. The molecule has 1 aliphatic heterocycles. The topological polar surface area (TPSA) is 46.6 Å². The van der Waals surface area contributed by atoms with Crippen molar-refractivity contribution < 1.29 is 14.3 Å². The molecule has 1 heterocycles. The van der Waals surface area contributed by atoms with E-state index in [9.17, 15) is 9.59 Å². The first-order valence-corrected chi connectivity index (χ1v) is 9.01. The smallest absolute Gasteiger partial charge is 0.340 e. The summed E-state index contributed by atoms with van der Waals surface area (Å²) in [6, 6.07) is 17.1. The Morgan fingerprint density at radius 1 is 1.15 bits per heavy atom. The summed E-state index contributed by atoms with van der Waals surface area (Å²) in [5, 5.41) is 0.566. The van der Waals surface area contributed by atoms with Gasteiger partial charge in [0.2, 0.25) is 0 Å². The number of methoxy groups -OCH3 is 1. The molecule has 0 aromatic heterocycles. The molecule has 0 atom stereocenters. The van der Waals surface area contributed by atoms with Gasteiger partial charge in [-0.25, -0.2) is 4.79 Å². The van der Waals surface area contributed by atoms with Gasteiger partial charge in [-0.3, -0.25) is 4.79 Å². The number of benzene rings is 2. The van der Waals surface area contributed by atoms with Crippen molar-refractivity contribution in [1.29, 1.82) is 0 Å². The lowest BCUT2D eigenvalue weighted by Crippen LogP contribution is -2.27. The lowest BCUT2D eigenvalue weighted by Gasteiger charge is -2.17. The van der Waals surface area contributed by atoms with Crippen molar-refractivity contribution in [2.45, 2.75) is 13.3 Å². The number of allylic oxidation sites excluding steroid dienone is 1. The summed E-state index contributed by atoms with van der Waals surface area (Å²) in [6.45, 7) is 2.26.